The predicted octanol–water partition coefficient (Wildman–Crippen LogP) is 3.14. The first-order valence-electron chi connectivity index (χ1n) is 6.69. The van der Waals surface area contributed by atoms with Crippen LogP contribution in [0, 0.1) is 6.92 Å². The highest BCUT2D eigenvalue weighted by molar-refractivity contribution is 5.96. The quantitative estimate of drug-likeness (QED) is 0.794. The number of rotatable bonds is 1. The molecule has 0 radical (unpaired) electrons. The molecule has 1 amide bonds. The Morgan fingerprint density at radius 3 is 2.55 bits per heavy atom. The van der Waals surface area contributed by atoms with Gasteiger partial charge in [-0.2, -0.15) is 0 Å². The normalized spacial score (nSPS) is 18.6. The molecular weight excluding hydrogens is 250 g/mol. The van der Waals surface area contributed by atoms with E-state index in [1.54, 1.807) is 11.9 Å². The van der Waals surface area contributed by atoms with Crippen LogP contribution in [0.4, 0.5) is 0 Å². The van der Waals surface area contributed by atoms with E-state index in [1.807, 2.05) is 24.3 Å². The topological polar surface area (TPSA) is 29.5 Å². The van der Waals surface area contributed by atoms with Crippen molar-refractivity contribution in [3.63, 3.8) is 0 Å². The minimum absolute atomic E-state index is 0.00946. The molecular formula is C17H17NO2. The highest BCUT2D eigenvalue weighted by Gasteiger charge is 2.27. The van der Waals surface area contributed by atoms with E-state index in [4.69, 9.17) is 4.74 Å². The average Bonchev–Trinajstić information content (AvgIpc) is 2.60. The SMILES string of the molecule is Cc1ccc([C@@H]2OCN(C)C(=O)c3ccccc32)cc1. The molecule has 0 bridgehead atoms. The van der Waals surface area contributed by atoms with Crippen LogP contribution in [0.1, 0.15) is 33.2 Å². The van der Waals surface area contributed by atoms with Crippen LogP contribution in [0.25, 0.3) is 0 Å². The predicted molar refractivity (Wildman–Crippen MR) is 77.5 cm³/mol. The minimum Gasteiger partial charge on any atom is -0.348 e. The third kappa shape index (κ3) is 2.21. The second-order valence-electron chi connectivity index (χ2n) is 5.18. The summed E-state index contributed by atoms with van der Waals surface area (Å²) in [5.41, 5.74) is 3.94. The van der Waals surface area contributed by atoms with Gasteiger partial charge in [-0.3, -0.25) is 4.79 Å². The zero-order valence-corrected chi connectivity index (χ0v) is 11.7. The van der Waals surface area contributed by atoms with Crippen molar-refractivity contribution in [2.75, 3.05) is 13.8 Å². The summed E-state index contributed by atoms with van der Waals surface area (Å²) in [6.07, 6.45) is -0.194. The molecule has 0 aliphatic carbocycles. The van der Waals surface area contributed by atoms with Gasteiger partial charge in [-0.25, -0.2) is 0 Å². The lowest BCUT2D eigenvalue weighted by molar-refractivity contribution is 0.0146. The van der Waals surface area contributed by atoms with Gasteiger partial charge >= 0.3 is 0 Å². The van der Waals surface area contributed by atoms with Crippen molar-refractivity contribution in [2.45, 2.75) is 13.0 Å². The number of carbonyl (C=O) groups excluding carboxylic acids is 1. The van der Waals surface area contributed by atoms with Crippen molar-refractivity contribution in [3.8, 4) is 0 Å². The molecule has 1 aliphatic rings. The monoisotopic (exact) mass is 267 g/mol. The number of nitrogens with zero attached hydrogens (tertiary/aromatic N) is 1. The van der Waals surface area contributed by atoms with Crippen molar-refractivity contribution in [1.29, 1.82) is 0 Å². The van der Waals surface area contributed by atoms with Gasteiger partial charge in [-0.05, 0) is 24.1 Å². The Kier molecular flexibility index (Phi) is 3.28. The number of aryl methyl sites for hydroxylation is 1. The van der Waals surface area contributed by atoms with Gasteiger partial charge in [0.05, 0.1) is 0 Å². The van der Waals surface area contributed by atoms with Crippen LogP contribution in [0.2, 0.25) is 0 Å². The fourth-order valence-corrected chi connectivity index (χ4v) is 2.48. The van der Waals surface area contributed by atoms with E-state index in [0.29, 0.717) is 6.73 Å². The summed E-state index contributed by atoms with van der Waals surface area (Å²) < 4.78 is 5.94. The molecule has 0 fully saturated rings. The van der Waals surface area contributed by atoms with Gasteiger partial charge in [-0.15, -0.1) is 0 Å². The lowest BCUT2D eigenvalue weighted by atomic mass is 9.96. The lowest BCUT2D eigenvalue weighted by Gasteiger charge is -2.18. The van der Waals surface area contributed by atoms with Gasteiger partial charge in [0.2, 0.25) is 0 Å². The van der Waals surface area contributed by atoms with Crippen LogP contribution >= 0.6 is 0 Å². The molecule has 0 N–H and O–H groups in total. The first-order chi connectivity index (χ1) is 9.66. The zero-order chi connectivity index (χ0) is 14.1. The van der Waals surface area contributed by atoms with Crippen LogP contribution in [0.15, 0.2) is 48.5 Å². The molecule has 1 atom stereocenters. The Morgan fingerprint density at radius 1 is 1.10 bits per heavy atom. The van der Waals surface area contributed by atoms with Crippen LogP contribution in [-0.2, 0) is 4.74 Å². The van der Waals surface area contributed by atoms with Crippen molar-refractivity contribution in [3.05, 3.63) is 70.8 Å². The van der Waals surface area contributed by atoms with E-state index < -0.39 is 0 Å². The zero-order valence-electron chi connectivity index (χ0n) is 11.7. The average molecular weight is 267 g/mol. The van der Waals surface area contributed by atoms with E-state index >= 15 is 0 Å². The fourth-order valence-electron chi connectivity index (χ4n) is 2.48. The molecule has 3 nitrogen and oxygen atoms in total. The molecule has 3 rings (SSSR count). The first kappa shape index (κ1) is 12.9. The Hall–Kier alpha value is -2.13. The molecule has 2 aromatic rings. The largest absolute Gasteiger partial charge is 0.348 e. The number of ether oxygens (including phenoxy) is 1. The molecule has 1 heterocycles. The Labute approximate surface area is 118 Å². The van der Waals surface area contributed by atoms with Gasteiger partial charge < -0.3 is 9.64 Å². The minimum atomic E-state index is -0.194. The third-order valence-corrected chi connectivity index (χ3v) is 3.64. The van der Waals surface area contributed by atoms with Crippen LogP contribution < -0.4 is 0 Å². The molecule has 2 aromatic carbocycles. The number of fused-ring (bicyclic) bond motifs is 1. The van der Waals surface area contributed by atoms with Gasteiger partial charge in [0.25, 0.3) is 5.91 Å². The maximum absolute atomic E-state index is 12.3. The summed E-state index contributed by atoms with van der Waals surface area (Å²) in [5, 5.41) is 0. The summed E-state index contributed by atoms with van der Waals surface area (Å²) in [5.74, 6) is 0.00946. The second kappa shape index (κ2) is 5.10. The van der Waals surface area contributed by atoms with Crippen molar-refractivity contribution >= 4 is 5.91 Å². The van der Waals surface area contributed by atoms with Crippen molar-refractivity contribution in [1.82, 2.24) is 4.90 Å². The smallest absolute Gasteiger partial charge is 0.255 e. The number of benzene rings is 2. The van der Waals surface area contributed by atoms with Gasteiger partial charge in [0.15, 0.2) is 0 Å². The van der Waals surface area contributed by atoms with Gasteiger partial charge in [0, 0.05) is 12.6 Å². The van der Waals surface area contributed by atoms with E-state index in [1.165, 1.54) is 5.56 Å². The fraction of sp³-hybridized carbons (Fsp3) is 0.235. The summed E-state index contributed by atoms with van der Waals surface area (Å²) in [6, 6.07) is 15.9. The van der Waals surface area contributed by atoms with E-state index in [2.05, 4.69) is 31.2 Å². The highest BCUT2D eigenvalue weighted by atomic mass is 16.5. The first-order valence-corrected chi connectivity index (χ1v) is 6.69. The van der Waals surface area contributed by atoms with Gasteiger partial charge in [-0.1, -0.05) is 48.0 Å². The lowest BCUT2D eigenvalue weighted by Crippen LogP contribution is -2.27. The van der Waals surface area contributed by atoms with E-state index in [0.717, 1.165) is 16.7 Å². The molecule has 0 spiro atoms. The van der Waals surface area contributed by atoms with Crippen LogP contribution in [0.3, 0.4) is 0 Å². The highest BCUT2D eigenvalue weighted by Crippen LogP contribution is 2.31. The number of hydrogen-bond donors (Lipinski definition) is 0. The van der Waals surface area contributed by atoms with E-state index in [-0.39, 0.29) is 12.0 Å². The number of carbonyl (C=O) groups is 1. The van der Waals surface area contributed by atoms with Crippen LogP contribution in [0.5, 0.6) is 0 Å². The summed E-state index contributed by atoms with van der Waals surface area (Å²) in [6.45, 7) is 2.36. The summed E-state index contributed by atoms with van der Waals surface area (Å²) in [4.78, 5) is 13.9. The van der Waals surface area contributed by atoms with Crippen molar-refractivity contribution in [2.24, 2.45) is 0 Å². The number of hydrogen-bond acceptors (Lipinski definition) is 2. The summed E-state index contributed by atoms with van der Waals surface area (Å²) in [7, 11) is 1.76. The molecule has 20 heavy (non-hydrogen) atoms. The molecule has 102 valence electrons. The van der Waals surface area contributed by atoms with Crippen LogP contribution in [-0.4, -0.2) is 24.6 Å². The van der Waals surface area contributed by atoms with Gasteiger partial charge in [0.1, 0.15) is 12.8 Å². The summed E-state index contributed by atoms with van der Waals surface area (Å²) >= 11 is 0. The van der Waals surface area contributed by atoms with E-state index in [9.17, 15) is 4.79 Å². The molecule has 3 heteroatoms. The van der Waals surface area contributed by atoms with Crippen molar-refractivity contribution < 1.29 is 9.53 Å². The molecule has 0 aromatic heterocycles. The Bertz CT molecular complexity index is 634. The Balaban J connectivity index is 2.10. The Morgan fingerprint density at radius 2 is 1.80 bits per heavy atom. The maximum atomic E-state index is 12.3. The molecule has 0 unspecified atom stereocenters. The number of amides is 1. The second-order valence-corrected chi connectivity index (χ2v) is 5.18. The molecule has 0 saturated heterocycles. The molecule has 1 aliphatic heterocycles. The maximum Gasteiger partial charge on any atom is 0.255 e. The third-order valence-electron chi connectivity index (χ3n) is 3.64. The standard InChI is InChI=1S/C17H17NO2/c1-12-7-9-13(10-8-12)16-14-5-3-4-6-15(14)17(19)18(2)11-20-16/h3-10,16H,11H2,1-2H3/t16-/m0/s1. The molecule has 0 saturated carbocycles.